The summed E-state index contributed by atoms with van der Waals surface area (Å²) in [5, 5.41) is 11.7. The Morgan fingerprint density at radius 1 is 1.15 bits per heavy atom. The van der Waals surface area contributed by atoms with Gasteiger partial charge in [-0.25, -0.2) is 0 Å². The number of benzene rings is 1. The number of hydrogen-bond donors (Lipinski definition) is 0. The maximum atomic E-state index is 12.4. The van der Waals surface area contributed by atoms with Gasteiger partial charge in [0.15, 0.2) is 11.0 Å². The predicted molar refractivity (Wildman–Crippen MR) is 110 cm³/mol. The number of rotatable bonds is 6. The van der Waals surface area contributed by atoms with Gasteiger partial charge in [0, 0.05) is 31.0 Å². The van der Waals surface area contributed by atoms with Crippen molar-refractivity contribution in [2.45, 2.75) is 37.2 Å². The first-order chi connectivity index (χ1) is 13.3. The molecule has 4 rings (SSSR count). The molecule has 0 radical (unpaired) electrons. The van der Waals surface area contributed by atoms with Gasteiger partial charge in [-0.15, -0.1) is 21.5 Å². The molecule has 0 atom stereocenters. The van der Waals surface area contributed by atoms with Gasteiger partial charge in [0.25, 0.3) is 5.91 Å². The van der Waals surface area contributed by atoms with E-state index in [1.807, 2.05) is 35.2 Å². The lowest BCUT2D eigenvalue weighted by Crippen LogP contribution is -2.27. The molecular formula is C20H22N4OS2. The first-order valence-corrected chi connectivity index (χ1v) is 11.1. The molecule has 0 unspecified atom stereocenters. The van der Waals surface area contributed by atoms with E-state index >= 15 is 0 Å². The molecule has 0 aliphatic carbocycles. The van der Waals surface area contributed by atoms with Gasteiger partial charge < -0.3 is 9.47 Å². The highest BCUT2D eigenvalue weighted by atomic mass is 32.2. The molecule has 1 fully saturated rings. The Kier molecular flexibility index (Phi) is 5.59. The lowest BCUT2D eigenvalue weighted by Gasteiger charge is -2.15. The van der Waals surface area contributed by atoms with Crippen molar-refractivity contribution in [3.05, 3.63) is 52.9 Å². The van der Waals surface area contributed by atoms with Crippen LogP contribution in [0.3, 0.4) is 0 Å². The number of thioether (sulfide) groups is 1. The van der Waals surface area contributed by atoms with Crippen molar-refractivity contribution in [3.8, 4) is 10.7 Å². The minimum atomic E-state index is 0.151. The lowest BCUT2D eigenvalue weighted by atomic mass is 10.1. The fraction of sp³-hybridized carbons (Fsp3) is 0.350. The van der Waals surface area contributed by atoms with Crippen LogP contribution in [-0.4, -0.2) is 38.7 Å². The van der Waals surface area contributed by atoms with Crippen molar-refractivity contribution in [2.75, 3.05) is 13.1 Å². The molecule has 3 aromatic rings. The van der Waals surface area contributed by atoms with Crippen molar-refractivity contribution in [2.24, 2.45) is 0 Å². The zero-order valence-corrected chi connectivity index (χ0v) is 16.9. The third-order valence-corrected chi connectivity index (χ3v) is 6.64. The van der Waals surface area contributed by atoms with Gasteiger partial charge in [-0.05, 0) is 48.9 Å². The molecule has 140 valence electrons. The third-order valence-electron chi connectivity index (χ3n) is 4.74. The van der Waals surface area contributed by atoms with Crippen molar-refractivity contribution < 1.29 is 4.79 Å². The van der Waals surface area contributed by atoms with Crippen LogP contribution in [0.5, 0.6) is 0 Å². The van der Waals surface area contributed by atoms with Crippen LogP contribution < -0.4 is 0 Å². The number of aromatic nitrogens is 3. The number of carbonyl (C=O) groups excluding carboxylic acids is 1. The summed E-state index contributed by atoms with van der Waals surface area (Å²) in [5.41, 5.74) is 1.96. The summed E-state index contributed by atoms with van der Waals surface area (Å²) in [6, 6.07) is 12.1. The molecule has 1 aliphatic heterocycles. The monoisotopic (exact) mass is 398 g/mol. The van der Waals surface area contributed by atoms with Crippen LogP contribution in [0.15, 0.2) is 46.9 Å². The Balaban J connectivity index is 1.42. The van der Waals surface area contributed by atoms with Gasteiger partial charge in [0.1, 0.15) is 0 Å². The smallest absolute Gasteiger partial charge is 0.253 e. The van der Waals surface area contributed by atoms with Gasteiger partial charge in [-0.2, -0.15) is 0 Å². The minimum Gasteiger partial charge on any atom is -0.339 e. The van der Waals surface area contributed by atoms with E-state index in [2.05, 4.69) is 33.1 Å². The summed E-state index contributed by atoms with van der Waals surface area (Å²) >= 11 is 3.36. The molecular weight excluding hydrogens is 376 g/mol. The molecule has 1 aliphatic rings. The second kappa shape index (κ2) is 8.27. The Morgan fingerprint density at radius 3 is 2.59 bits per heavy atom. The second-order valence-corrected chi connectivity index (χ2v) is 8.40. The quantitative estimate of drug-likeness (QED) is 0.572. The molecule has 2 aromatic heterocycles. The average molecular weight is 399 g/mol. The van der Waals surface area contributed by atoms with Crippen molar-refractivity contribution in [1.29, 1.82) is 0 Å². The number of carbonyl (C=O) groups is 1. The molecule has 5 nitrogen and oxygen atoms in total. The number of hydrogen-bond acceptors (Lipinski definition) is 5. The van der Waals surface area contributed by atoms with E-state index < -0.39 is 0 Å². The second-order valence-electron chi connectivity index (χ2n) is 6.51. The van der Waals surface area contributed by atoms with Crippen LogP contribution >= 0.6 is 23.1 Å². The largest absolute Gasteiger partial charge is 0.339 e. The topological polar surface area (TPSA) is 51.0 Å². The zero-order valence-electron chi connectivity index (χ0n) is 15.3. The predicted octanol–water partition coefficient (Wildman–Crippen LogP) is 4.55. The summed E-state index contributed by atoms with van der Waals surface area (Å²) in [4.78, 5) is 15.5. The summed E-state index contributed by atoms with van der Waals surface area (Å²) in [7, 11) is 0. The summed E-state index contributed by atoms with van der Waals surface area (Å²) < 4.78 is 2.15. The molecule has 0 bridgehead atoms. The molecule has 0 saturated carbocycles. The average Bonchev–Trinajstić information content (AvgIpc) is 3.47. The van der Waals surface area contributed by atoms with E-state index in [1.54, 1.807) is 23.1 Å². The van der Waals surface area contributed by atoms with Crippen LogP contribution in [0.1, 0.15) is 35.7 Å². The standard InChI is InChI=1S/C20H22N4OS2/c1-2-24-18(17-6-5-13-26-17)21-22-20(24)27-14-15-7-9-16(10-8-15)19(25)23-11-3-4-12-23/h5-10,13H,2-4,11-12,14H2,1H3. The van der Waals surface area contributed by atoms with Crippen LogP contribution in [-0.2, 0) is 12.3 Å². The van der Waals surface area contributed by atoms with E-state index in [-0.39, 0.29) is 5.91 Å². The van der Waals surface area contributed by atoms with Gasteiger partial charge in [0.2, 0.25) is 0 Å². The van der Waals surface area contributed by atoms with Crippen LogP contribution in [0.4, 0.5) is 0 Å². The van der Waals surface area contributed by atoms with E-state index in [1.165, 1.54) is 5.56 Å². The molecule has 1 aromatic carbocycles. The van der Waals surface area contributed by atoms with E-state index in [4.69, 9.17) is 0 Å². The highest BCUT2D eigenvalue weighted by Crippen LogP contribution is 2.28. The molecule has 1 saturated heterocycles. The number of likely N-dealkylation sites (tertiary alicyclic amines) is 1. The summed E-state index contributed by atoms with van der Waals surface area (Å²) in [6.07, 6.45) is 2.23. The molecule has 0 spiro atoms. The Hall–Kier alpha value is -2.12. The fourth-order valence-electron chi connectivity index (χ4n) is 3.26. The van der Waals surface area contributed by atoms with Crippen molar-refractivity contribution in [3.63, 3.8) is 0 Å². The zero-order chi connectivity index (χ0) is 18.6. The normalized spacial score (nSPS) is 14.0. The van der Waals surface area contributed by atoms with E-state index in [0.717, 1.165) is 59.7 Å². The Morgan fingerprint density at radius 2 is 1.93 bits per heavy atom. The van der Waals surface area contributed by atoms with Gasteiger partial charge in [-0.3, -0.25) is 4.79 Å². The van der Waals surface area contributed by atoms with Gasteiger partial charge in [-0.1, -0.05) is 30.0 Å². The summed E-state index contributed by atoms with van der Waals surface area (Å²) in [5.74, 6) is 1.89. The SMILES string of the molecule is CCn1c(SCc2ccc(C(=O)N3CCCC3)cc2)nnc1-c1cccs1. The molecule has 7 heteroatoms. The number of thiophene rings is 1. The molecule has 3 heterocycles. The van der Waals surface area contributed by atoms with E-state index in [9.17, 15) is 4.79 Å². The Bertz CT molecular complexity index is 897. The maximum Gasteiger partial charge on any atom is 0.253 e. The fourth-order valence-corrected chi connectivity index (χ4v) is 4.94. The molecule has 0 N–H and O–H groups in total. The number of nitrogens with zero attached hydrogens (tertiary/aromatic N) is 4. The Labute approximate surface area is 167 Å². The van der Waals surface area contributed by atoms with Gasteiger partial charge >= 0.3 is 0 Å². The van der Waals surface area contributed by atoms with Crippen molar-refractivity contribution in [1.82, 2.24) is 19.7 Å². The van der Waals surface area contributed by atoms with Crippen LogP contribution in [0.25, 0.3) is 10.7 Å². The van der Waals surface area contributed by atoms with Crippen LogP contribution in [0.2, 0.25) is 0 Å². The third kappa shape index (κ3) is 3.94. The summed E-state index contributed by atoms with van der Waals surface area (Å²) in [6.45, 7) is 4.72. The van der Waals surface area contributed by atoms with Gasteiger partial charge in [0.05, 0.1) is 4.88 Å². The van der Waals surface area contributed by atoms with Crippen LogP contribution in [0, 0.1) is 0 Å². The first-order valence-electron chi connectivity index (χ1n) is 9.24. The lowest BCUT2D eigenvalue weighted by molar-refractivity contribution is 0.0793. The van der Waals surface area contributed by atoms with Crippen molar-refractivity contribution >= 4 is 29.0 Å². The maximum absolute atomic E-state index is 12.4. The highest BCUT2D eigenvalue weighted by Gasteiger charge is 2.19. The minimum absolute atomic E-state index is 0.151. The molecule has 27 heavy (non-hydrogen) atoms. The molecule has 1 amide bonds. The van der Waals surface area contributed by atoms with E-state index in [0.29, 0.717) is 0 Å². The number of amides is 1. The highest BCUT2D eigenvalue weighted by molar-refractivity contribution is 7.98. The first kappa shape index (κ1) is 18.3.